The summed E-state index contributed by atoms with van der Waals surface area (Å²) in [5.74, 6) is -0.996. The zero-order chi connectivity index (χ0) is 22.0. The van der Waals surface area contributed by atoms with Gasteiger partial charge in [-0.3, -0.25) is 19.7 Å². The number of nitrogens with two attached hydrogens (primary N) is 1. The number of nitro groups is 1. The molecule has 29 heavy (non-hydrogen) atoms. The third kappa shape index (κ3) is 6.35. The SMILES string of the molecule is CCCC[C@@](C=O)(N(C(=O)OCc1ccccc1)C(=O)[C@@H](N)CC(C)C)[N+](=O)[O-]. The summed E-state index contributed by atoms with van der Waals surface area (Å²) in [5.41, 5.74) is 3.98. The molecule has 1 rings (SSSR count). The summed E-state index contributed by atoms with van der Waals surface area (Å²) in [6.45, 7) is 5.22. The standard InChI is InChI=1S/C20H29N3O6/c1-4-5-11-20(14-24,23(27)28)22(18(25)17(21)12-15(2)3)19(26)29-13-16-9-7-6-8-10-16/h6-10,14-15,17H,4-5,11-13,21H2,1-3H3/t17-,20+/m0/s1. The van der Waals surface area contributed by atoms with E-state index in [0.717, 1.165) is 0 Å². The van der Waals surface area contributed by atoms with E-state index in [1.165, 1.54) is 0 Å². The molecule has 0 aliphatic rings. The molecule has 0 radical (unpaired) electrons. The number of rotatable bonds is 11. The molecule has 0 aromatic heterocycles. The van der Waals surface area contributed by atoms with Crippen LogP contribution in [0.4, 0.5) is 4.79 Å². The van der Waals surface area contributed by atoms with Crippen LogP contribution in [0.2, 0.25) is 0 Å². The molecule has 9 heteroatoms. The minimum absolute atomic E-state index is 0.00742. The fourth-order valence-electron chi connectivity index (χ4n) is 2.87. The topological polar surface area (TPSA) is 133 Å². The lowest BCUT2D eigenvalue weighted by atomic mass is 9.99. The zero-order valence-electron chi connectivity index (χ0n) is 17.1. The maximum atomic E-state index is 12.9. The molecule has 2 atom stereocenters. The molecule has 2 amide bonds. The van der Waals surface area contributed by atoms with E-state index < -0.39 is 28.6 Å². The average molecular weight is 407 g/mol. The van der Waals surface area contributed by atoms with Crippen LogP contribution >= 0.6 is 0 Å². The highest BCUT2D eigenvalue weighted by Gasteiger charge is 2.56. The quantitative estimate of drug-likeness (QED) is 0.258. The van der Waals surface area contributed by atoms with Crippen LogP contribution < -0.4 is 5.73 Å². The second-order valence-corrected chi connectivity index (χ2v) is 7.31. The Labute approximate surface area is 170 Å². The van der Waals surface area contributed by atoms with Crippen molar-refractivity contribution in [3.8, 4) is 0 Å². The Hall–Kier alpha value is -2.81. The number of amides is 2. The van der Waals surface area contributed by atoms with Crippen LogP contribution in [-0.2, 0) is 20.9 Å². The van der Waals surface area contributed by atoms with Gasteiger partial charge in [0.1, 0.15) is 6.61 Å². The Morgan fingerprint density at radius 2 is 1.93 bits per heavy atom. The molecule has 0 spiro atoms. The largest absolute Gasteiger partial charge is 0.444 e. The Bertz CT molecular complexity index is 709. The van der Waals surface area contributed by atoms with Gasteiger partial charge in [0.05, 0.1) is 11.0 Å². The highest BCUT2D eigenvalue weighted by Crippen LogP contribution is 2.25. The number of ether oxygens (including phenoxy) is 1. The van der Waals surface area contributed by atoms with Gasteiger partial charge in [-0.25, -0.2) is 4.79 Å². The van der Waals surface area contributed by atoms with E-state index >= 15 is 0 Å². The number of hydrogen-bond acceptors (Lipinski definition) is 7. The van der Waals surface area contributed by atoms with Gasteiger partial charge < -0.3 is 10.5 Å². The molecule has 0 fully saturated rings. The summed E-state index contributed by atoms with van der Waals surface area (Å²) in [7, 11) is 0. The first kappa shape index (κ1) is 24.2. The minimum atomic E-state index is -2.56. The van der Waals surface area contributed by atoms with E-state index in [1.54, 1.807) is 37.3 Å². The Morgan fingerprint density at radius 3 is 2.41 bits per heavy atom. The van der Waals surface area contributed by atoms with Gasteiger partial charge in [0.2, 0.25) is 6.29 Å². The summed E-state index contributed by atoms with van der Waals surface area (Å²) in [6.07, 6.45) is -0.579. The lowest BCUT2D eigenvalue weighted by Crippen LogP contribution is -2.63. The first-order valence-electron chi connectivity index (χ1n) is 9.60. The molecule has 0 aliphatic heterocycles. The highest BCUT2D eigenvalue weighted by atomic mass is 16.6. The maximum Gasteiger partial charge on any atom is 0.422 e. The predicted molar refractivity (Wildman–Crippen MR) is 106 cm³/mol. The normalized spacial score (nSPS) is 14.0. The van der Waals surface area contributed by atoms with Crippen LogP contribution in [0.5, 0.6) is 0 Å². The number of benzene rings is 1. The molecular formula is C20H29N3O6. The molecule has 1 aromatic carbocycles. The van der Waals surface area contributed by atoms with E-state index in [9.17, 15) is 24.5 Å². The summed E-state index contributed by atoms with van der Waals surface area (Å²) >= 11 is 0. The Balaban J connectivity index is 3.27. The van der Waals surface area contributed by atoms with E-state index in [-0.39, 0.29) is 38.1 Å². The first-order chi connectivity index (χ1) is 13.7. The van der Waals surface area contributed by atoms with Crippen molar-refractivity contribution in [1.82, 2.24) is 4.90 Å². The molecular weight excluding hydrogens is 378 g/mol. The summed E-state index contributed by atoms with van der Waals surface area (Å²) in [6, 6.07) is 7.46. The van der Waals surface area contributed by atoms with Crippen molar-refractivity contribution in [1.29, 1.82) is 0 Å². The number of hydrogen-bond donors (Lipinski definition) is 1. The summed E-state index contributed by atoms with van der Waals surface area (Å²) < 4.78 is 5.15. The molecule has 0 unspecified atom stereocenters. The van der Waals surface area contributed by atoms with Gasteiger partial charge in [0, 0.05) is 6.42 Å². The first-order valence-corrected chi connectivity index (χ1v) is 9.60. The molecule has 2 N–H and O–H groups in total. The maximum absolute atomic E-state index is 12.9. The van der Waals surface area contributed by atoms with Crippen LogP contribution in [-0.4, -0.2) is 39.8 Å². The second kappa shape index (κ2) is 11.3. The van der Waals surface area contributed by atoms with Gasteiger partial charge >= 0.3 is 11.8 Å². The minimum Gasteiger partial charge on any atom is -0.444 e. The van der Waals surface area contributed by atoms with Crippen molar-refractivity contribution in [2.45, 2.75) is 64.8 Å². The van der Waals surface area contributed by atoms with Crippen molar-refractivity contribution in [2.75, 3.05) is 0 Å². The van der Waals surface area contributed by atoms with Crippen molar-refractivity contribution < 1.29 is 24.0 Å². The highest BCUT2D eigenvalue weighted by molar-refractivity contribution is 5.98. The van der Waals surface area contributed by atoms with Crippen molar-refractivity contribution in [3.63, 3.8) is 0 Å². The summed E-state index contributed by atoms with van der Waals surface area (Å²) in [5, 5.41) is 11.9. The molecule has 1 aromatic rings. The van der Waals surface area contributed by atoms with Gasteiger partial charge in [-0.05, 0) is 24.3 Å². The van der Waals surface area contributed by atoms with Crippen molar-refractivity contribution in [3.05, 3.63) is 46.0 Å². The molecule has 0 bridgehead atoms. The molecule has 0 saturated heterocycles. The van der Waals surface area contributed by atoms with Crippen LogP contribution in [0.1, 0.15) is 52.0 Å². The van der Waals surface area contributed by atoms with E-state index in [0.29, 0.717) is 16.9 Å². The Morgan fingerprint density at radius 1 is 1.31 bits per heavy atom. The van der Waals surface area contributed by atoms with E-state index in [1.807, 2.05) is 13.8 Å². The Kier molecular flexibility index (Phi) is 9.40. The van der Waals surface area contributed by atoms with Gasteiger partial charge in [-0.15, -0.1) is 0 Å². The number of aldehydes is 1. The van der Waals surface area contributed by atoms with Gasteiger partial charge in [-0.1, -0.05) is 57.5 Å². The summed E-state index contributed by atoms with van der Waals surface area (Å²) in [4.78, 5) is 48.8. The molecule has 0 saturated carbocycles. The lowest BCUT2D eigenvalue weighted by molar-refractivity contribution is -0.572. The fourth-order valence-corrected chi connectivity index (χ4v) is 2.87. The lowest BCUT2D eigenvalue weighted by Gasteiger charge is -2.32. The number of unbranched alkanes of at least 4 members (excludes halogenated alkanes) is 1. The number of carbonyl (C=O) groups is 3. The van der Waals surface area contributed by atoms with Crippen LogP contribution in [0, 0.1) is 16.0 Å². The average Bonchev–Trinajstić information content (AvgIpc) is 2.69. The van der Waals surface area contributed by atoms with Gasteiger partial charge in [0.25, 0.3) is 5.91 Å². The van der Waals surface area contributed by atoms with Crippen molar-refractivity contribution >= 4 is 18.3 Å². The molecule has 160 valence electrons. The van der Waals surface area contributed by atoms with E-state index in [2.05, 4.69) is 0 Å². The zero-order valence-corrected chi connectivity index (χ0v) is 17.1. The number of nitrogens with zero attached hydrogens (tertiary/aromatic N) is 2. The van der Waals surface area contributed by atoms with Crippen molar-refractivity contribution in [2.24, 2.45) is 11.7 Å². The van der Waals surface area contributed by atoms with Crippen LogP contribution in [0.3, 0.4) is 0 Å². The van der Waals surface area contributed by atoms with E-state index in [4.69, 9.17) is 10.5 Å². The number of imide groups is 1. The molecule has 0 heterocycles. The van der Waals surface area contributed by atoms with Gasteiger partial charge in [0.15, 0.2) is 0 Å². The molecule has 9 nitrogen and oxygen atoms in total. The number of carbonyl (C=O) groups excluding carboxylic acids is 3. The molecule has 0 aliphatic carbocycles. The van der Waals surface area contributed by atoms with Crippen LogP contribution in [0.25, 0.3) is 0 Å². The third-order valence-electron chi connectivity index (χ3n) is 4.44. The van der Waals surface area contributed by atoms with Gasteiger partial charge in [-0.2, -0.15) is 4.90 Å². The van der Waals surface area contributed by atoms with Crippen LogP contribution in [0.15, 0.2) is 30.3 Å². The smallest absolute Gasteiger partial charge is 0.422 e. The third-order valence-corrected chi connectivity index (χ3v) is 4.44. The predicted octanol–water partition coefficient (Wildman–Crippen LogP) is 2.89. The second-order valence-electron chi connectivity index (χ2n) is 7.31. The monoisotopic (exact) mass is 407 g/mol. The fraction of sp³-hybridized carbons (Fsp3) is 0.550.